The zero-order valence-corrected chi connectivity index (χ0v) is 15.2. The molecule has 2 heterocycles. The molecule has 2 unspecified atom stereocenters. The van der Waals surface area contributed by atoms with Crippen LogP contribution in [0.3, 0.4) is 0 Å². The molecular weight excluding hydrogens is 348 g/mol. The predicted octanol–water partition coefficient (Wildman–Crippen LogP) is 3.16. The fourth-order valence-electron chi connectivity index (χ4n) is 3.62. The Labute approximate surface area is 155 Å². The lowest BCUT2D eigenvalue weighted by Crippen LogP contribution is -2.46. The number of benzene rings is 2. The van der Waals surface area contributed by atoms with E-state index in [0.29, 0.717) is 16.2 Å². The molecule has 0 radical (unpaired) electrons. The number of hydrogen-bond donors (Lipinski definition) is 1. The van der Waals surface area contributed by atoms with Crippen molar-refractivity contribution in [2.75, 3.05) is 12.0 Å². The maximum absolute atomic E-state index is 13.3. The number of nitrogens with two attached hydrogens (primary N) is 1. The van der Waals surface area contributed by atoms with E-state index in [2.05, 4.69) is 0 Å². The van der Waals surface area contributed by atoms with E-state index in [0.717, 1.165) is 16.8 Å². The standard InChI is InChI=1S/C20H18N2O3S/c1-11-7-3-6-10-14(11)22-18(23)13-9-5-4-8-12(13)15-16(21)17(20(24)25-2)26-19(15)22/h3-10,15,19H,21H2,1-2H3. The predicted molar refractivity (Wildman–Crippen MR) is 102 cm³/mol. The van der Waals surface area contributed by atoms with Crippen LogP contribution in [0.1, 0.15) is 27.4 Å². The minimum absolute atomic E-state index is 0.0810. The van der Waals surface area contributed by atoms with Crippen LogP contribution in [0.2, 0.25) is 0 Å². The number of anilines is 1. The van der Waals surface area contributed by atoms with E-state index >= 15 is 0 Å². The highest BCUT2D eigenvalue weighted by molar-refractivity contribution is 8.05. The van der Waals surface area contributed by atoms with Crippen molar-refractivity contribution in [3.8, 4) is 0 Å². The highest BCUT2D eigenvalue weighted by Crippen LogP contribution is 2.52. The second-order valence-electron chi connectivity index (χ2n) is 6.31. The van der Waals surface area contributed by atoms with Crippen LogP contribution in [-0.4, -0.2) is 24.4 Å². The molecular formula is C20H18N2O3S. The summed E-state index contributed by atoms with van der Waals surface area (Å²) in [7, 11) is 1.34. The third kappa shape index (κ3) is 2.33. The number of hydrogen-bond acceptors (Lipinski definition) is 5. The molecule has 2 aliphatic rings. The molecule has 26 heavy (non-hydrogen) atoms. The van der Waals surface area contributed by atoms with Crippen molar-refractivity contribution in [2.24, 2.45) is 5.73 Å². The Morgan fingerprint density at radius 3 is 2.58 bits per heavy atom. The smallest absolute Gasteiger partial charge is 0.346 e. The van der Waals surface area contributed by atoms with Crippen LogP contribution in [0.4, 0.5) is 5.69 Å². The fourth-order valence-corrected chi connectivity index (χ4v) is 5.05. The van der Waals surface area contributed by atoms with Crippen LogP contribution in [0.25, 0.3) is 0 Å². The van der Waals surface area contributed by atoms with Crippen LogP contribution in [0.15, 0.2) is 59.1 Å². The number of ether oxygens (including phenoxy) is 1. The number of fused-ring (bicyclic) bond motifs is 3. The van der Waals surface area contributed by atoms with Crippen molar-refractivity contribution < 1.29 is 14.3 Å². The summed E-state index contributed by atoms with van der Waals surface area (Å²) in [5.41, 5.74) is 10.1. The average Bonchev–Trinajstić information content (AvgIpc) is 3.00. The van der Waals surface area contributed by atoms with Gasteiger partial charge < -0.3 is 10.5 Å². The van der Waals surface area contributed by atoms with Crippen molar-refractivity contribution in [3.63, 3.8) is 0 Å². The van der Waals surface area contributed by atoms with Gasteiger partial charge in [0, 0.05) is 16.9 Å². The Balaban J connectivity index is 1.92. The van der Waals surface area contributed by atoms with Crippen LogP contribution < -0.4 is 10.6 Å². The number of amides is 1. The molecule has 0 aromatic heterocycles. The van der Waals surface area contributed by atoms with Gasteiger partial charge in [-0.25, -0.2) is 4.79 Å². The summed E-state index contributed by atoms with van der Waals surface area (Å²) in [4.78, 5) is 27.6. The second kappa shape index (κ2) is 6.21. The summed E-state index contributed by atoms with van der Waals surface area (Å²) >= 11 is 1.30. The van der Waals surface area contributed by atoms with Crippen molar-refractivity contribution in [1.82, 2.24) is 0 Å². The number of rotatable bonds is 2. The minimum Gasteiger partial charge on any atom is -0.465 e. The van der Waals surface area contributed by atoms with Gasteiger partial charge in [0.1, 0.15) is 10.3 Å². The second-order valence-corrected chi connectivity index (χ2v) is 7.44. The average molecular weight is 366 g/mol. The molecule has 0 fully saturated rings. The number of para-hydroxylation sites is 1. The van der Waals surface area contributed by atoms with E-state index in [1.165, 1.54) is 18.9 Å². The molecule has 0 saturated carbocycles. The van der Waals surface area contributed by atoms with Crippen molar-refractivity contribution in [1.29, 1.82) is 0 Å². The van der Waals surface area contributed by atoms with Gasteiger partial charge in [-0.2, -0.15) is 0 Å². The molecule has 0 bridgehead atoms. The first kappa shape index (κ1) is 16.7. The lowest BCUT2D eigenvalue weighted by Gasteiger charge is -2.39. The van der Waals surface area contributed by atoms with E-state index in [1.807, 2.05) is 55.5 Å². The normalized spacial score (nSPS) is 21.5. The van der Waals surface area contributed by atoms with Gasteiger partial charge >= 0.3 is 5.97 Å². The van der Waals surface area contributed by atoms with Gasteiger partial charge in [0.05, 0.1) is 13.0 Å². The number of methoxy groups -OCH3 is 1. The third-order valence-electron chi connectivity index (χ3n) is 4.87. The van der Waals surface area contributed by atoms with Crippen molar-refractivity contribution >= 4 is 29.3 Å². The van der Waals surface area contributed by atoms with Gasteiger partial charge in [0.15, 0.2) is 0 Å². The summed E-state index contributed by atoms with van der Waals surface area (Å²) in [5, 5.41) is -0.312. The number of esters is 1. The molecule has 2 aromatic carbocycles. The highest BCUT2D eigenvalue weighted by atomic mass is 32.2. The van der Waals surface area contributed by atoms with Gasteiger partial charge in [-0.05, 0) is 30.2 Å². The maximum Gasteiger partial charge on any atom is 0.346 e. The molecule has 4 rings (SSSR count). The molecule has 2 aliphatic heterocycles. The zero-order chi connectivity index (χ0) is 18.4. The summed E-state index contributed by atoms with van der Waals surface area (Å²) in [6, 6.07) is 15.2. The largest absolute Gasteiger partial charge is 0.465 e. The Morgan fingerprint density at radius 1 is 1.15 bits per heavy atom. The van der Waals surface area contributed by atoms with Crippen LogP contribution >= 0.6 is 11.8 Å². The van der Waals surface area contributed by atoms with Gasteiger partial charge in [-0.1, -0.05) is 48.2 Å². The fraction of sp³-hybridized carbons (Fsp3) is 0.200. The van der Waals surface area contributed by atoms with Crippen molar-refractivity contribution in [3.05, 3.63) is 75.8 Å². The monoisotopic (exact) mass is 366 g/mol. The van der Waals surface area contributed by atoms with Crippen LogP contribution in [0.5, 0.6) is 0 Å². The van der Waals surface area contributed by atoms with E-state index < -0.39 is 5.97 Å². The Bertz CT molecular complexity index is 954. The Hall–Kier alpha value is -2.73. The molecule has 132 valence electrons. The van der Waals surface area contributed by atoms with E-state index in [-0.39, 0.29) is 17.2 Å². The van der Waals surface area contributed by atoms with Crippen molar-refractivity contribution in [2.45, 2.75) is 18.2 Å². The summed E-state index contributed by atoms with van der Waals surface area (Å²) < 4.78 is 4.89. The summed E-state index contributed by atoms with van der Waals surface area (Å²) in [5.74, 6) is -0.790. The Morgan fingerprint density at radius 2 is 1.85 bits per heavy atom. The molecule has 0 aliphatic carbocycles. The highest BCUT2D eigenvalue weighted by Gasteiger charge is 2.48. The van der Waals surface area contributed by atoms with E-state index in [1.54, 1.807) is 4.90 Å². The van der Waals surface area contributed by atoms with E-state index in [4.69, 9.17) is 10.5 Å². The van der Waals surface area contributed by atoms with Gasteiger partial charge in [-0.3, -0.25) is 9.69 Å². The molecule has 2 aromatic rings. The number of nitrogens with zero attached hydrogens (tertiary/aromatic N) is 1. The van der Waals surface area contributed by atoms with Crippen LogP contribution in [-0.2, 0) is 9.53 Å². The first-order chi connectivity index (χ1) is 12.5. The minimum atomic E-state index is -0.462. The van der Waals surface area contributed by atoms with E-state index in [9.17, 15) is 9.59 Å². The molecule has 2 N–H and O–H groups in total. The zero-order valence-electron chi connectivity index (χ0n) is 14.4. The molecule has 1 amide bonds. The molecule has 0 spiro atoms. The first-order valence-electron chi connectivity index (χ1n) is 8.27. The van der Waals surface area contributed by atoms with Gasteiger partial charge in [-0.15, -0.1) is 0 Å². The Kier molecular flexibility index (Phi) is 4.00. The van der Waals surface area contributed by atoms with Gasteiger partial charge in [0.25, 0.3) is 5.91 Å². The number of carbonyl (C=O) groups excluding carboxylic acids is 2. The number of thioether (sulfide) groups is 1. The first-order valence-corrected chi connectivity index (χ1v) is 9.15. The third-order valence-corrected chi connectivity index (χ3v) is 6.23. The molecule has 6 heteroatoms. The molecule has 5 nitrogen and oxygen atoms in total. The lowest BCUT2D eigenvalue weighted by atomic mass is 9.86. The topological polar surface area (TPSA) is 72.6 Å². The summed E-state index contributed by atoms with van der Waals surface area (Å²) in [6.07, 6.45) is 0. The lowest BCUT2D eigenvalue weighted by molar-refractivity contribution is -0.135. The molecule has 2 atom stereocenters. The SMILES string of the molecule is COC(=O)C1=C(N)C2c3ccccc3C(=O)N(c3ccccc3C)C2S1. The summed E-state index contributed by atoms with van der Waals surface area (Å²) in [6.45, 7) is 1.97. The number of aryl methyl sites for hydroxylation is 1. The molecule has 0 saturated heterocycles. The number of carbonyl (C=O) groups is 2. The van der Waals surface area contributed by atoms with Gasteiger partial charge in [0.2, 0.25) is 0 Å². The maximum atomic E-state index is 13.3. The van der Waals surface area contributed by atoms with Crippen LogP contribution in [0, 0.1) is 6.92 Å². The quantitative estimate of drug-likeness (QED) is 0.827.